The van der Waals surface area contributed by atoms with Gasteiger partial charge in [0.2, 0.25) is 0 Å². The van der Waals surface area contributed by atoms with Gasteiger partial charge in [-0.15, -0.1) is 0 Å². The Kier molecular flexibility index (Phi) is 2.65. The summed E-state index contributed by atoms with van der Waals surface area (Å²) in [6.07, 6.45) is 1.02. The highest BCUT2D eigenvalue weighted by molar-refractivity contribution is 5.74. The average Bonchev–Trinajstić information content (AvgIpc) is 2.05. The predicted molar refractivity (Wildman–Crippen MR) is 32.1 cm³/mol. The zero-order chi connectivity index (χ0) is 7.40. The highest BCUT2D eigenvalue weighted by Gasteiger charge is 2.23. The van der Waals surface area contributed by atoms with Crippen LogP contribution in [0.15, 0.2) is 0 Å². The molecule has 1 aliphatic rings. The SMILES string of the molecule is COC(=O)C1CCCOO1. The Labute approximate surface area is 59.0 Å². The lowest BCUT2D eigenvalue weighted by molar-refractivity contribution is -0.339. The number of esters is 1. The summed E-state index contributed by atoms with van der Waals surface area (Å²) in [7, 11) is 1.33. The molecule has 0 aromatic carbocycles. The van der Waals surface area contributed by atoms with Gasteiger partial charge < -0.3 is 4.74 Å². The van der Waals surface area contributed by atoms with Crippen molar-refractivity contribution in [1.29, 1.82) is 0 Å². The maximum Gasteiger partial charge on any atom is 0.338 e. The Hall–Kier alpha value is -0.610. The molecule has 1 rings (SSSR count). The molecule has 4 nitrogen and oxygen atoms in total. The van der Waals surface area contributed by atoms with E-state index in [1.165, 1.54) is 7.11 Å². The minimum absolute atomic E-state index is 0.361. The lowest BCUT2D eigenvalue weighted by atomic mass is 10.2. The Morgan fingerprint density at radius 3 is 3.00 bits per heavy atom. The van der Waals surface area contributed by atoms with Crippen molar-refractivity contribution in [1.82, 2.24) is 0 Å². The van der Waals surface area contributed by atoms with E-state index in [0.717, 1.165) is 6.42 Å². The first-order chi connectivity index (χ1) is 4.84. The van der Waals surface area contributed by atoms with Crippen molar-refractivity contribution < 1.29 is 19.3 Å². The van der Waals surface area contributed by atoms with E-state index in [4.69, 9.17) is 0 Å². The van der Waals surface area contributed by atoms with Gasteiger partial charge in [0.15, 0.2) is 6.10 Å². The van der Waals surface area contributed by atoms with Gasteiger partial charge in [-0.1, -0.05) is 0 Å². The van der Waals surface area contributed by atoms with Crippen LogP contribution in [0.1, 0.15) is 12.8 Å². The van der Waals surface area contributed by atoms with Crippen LogP contribution in [0.2, 0.25) is 0 Å². The third-order valence-electron chi connectivity index (χ3n) is 1.34. The number of rotatable bonds is 1. The molecule has 4 heteroatoms. The number of hydrogen-bond donors (Lipinski definition) is 0. The standard InChI is InChI=1S/C6H10O4/c1-8-6(7)5-3-2-4-9-10-5/h5H,2-4H2,1H3. The molecule has 0 spiro atoms. The summed E-state index contributed by atoms with van der Waals surface area (Å²) >= 11 is 0. The maximum absolute atomic E-state index is 10.7. The Bertz CT molecular complexity index is 117. The molecule has 1 atom stereocenters. The fraction of sp³-hybridized carbons (Fsp3) is 0.833. The van der Waals surface area contributed by atoms with Gasteiger partial charge >= 0.3 is 5.97 Å². The quantitative estimate of drug-likeness (QED) is 0.393. The lowest BCUT2D eigenvalue weighted by Crippen LogP contribution is -2.29. The van der Waals surface area contributed by atoms with Gasteiger partial charge in [0.25, 0.3) is 0 Å². The average molecular weight is 146 g/mol. The summed E-state index contributed by atoms with van der Waals surface area (Å²) in [6.45, 7) is 0.563. The summed E-state index contributed by atoms with van der Waals surface area (Å²) in [5, 5.41) is 0. The number of carbonyl (C=O) groups excluding carboxylic acids is 1. The number of hydrogen-bond acceptors (Lipinski definition) is 4. The van der Waals surface area contributed by atoms with E-state index in [-0.39, 0.29) is 5.97 Å². The van der Waals surface area contributed by atoms with Crippen LogP contribution in [0.4, 0.5) is 0 Å². The monoisotopic (exact) mass is 146 g/mol. The number of methoxy groups -OCH3 is 1. The first-order valence-electron chi connectivity index (χ1n) is 3.20. The molecule has 58 valence electrons. The molecule has 0 N–H and O–H groups in total. The molecule has 1 heterocycles. The minimum atomic E-state index is -0.515. The van der Waals surface area contributed by atoms with Gasteiger partial charge in [-0.25, -0.2) is 14.6 Å². The Morgan fingerprint density at radius 2 is 2.50 bits per heavy atom. The van der Waals surface area contributed by atoms with Crippen molar-refractivity contribution in [2.24, 2.45) is 0 Å². The third kappa shape index (κ3) is 1.68. The van der Waals surface area contributed by atoms with E-state index in [2.05, 4.69) is 14.5 Å². The second kappa shape index (κ2) is 3.53. The van der Waals surface area contributed by atoms with Crippen LogP contribution >= 0.6 is 0 Å². The van der Waals surface area contributed by atoms with E-state index in [9.17, 15) is 4.79 Å². The molecule has 0 aliphatic carbocycles. The minimum Gasteiger partial charge on any atom is -0.467 e. The van der Waals surface area contributed by atoms with Crippen molar-refractivity contribution in [3.8, 4) is 0 Å². The van der Waals surface area contributed by atoms with Crippen LogP contribution in [0, 0.1) is 0 Å². The van der Waals surface area contributed by atoms with E-state index in [0.29, 0.717) is 13.0 Å². The normalized spacial score (nSPS) is 25.9. The van der Waals surface area contributed by atoms with Gasteiger partial charge in [-0.3, -0.25) is 0 Å². The van der Waals surface area contributed by atoms with Gasteiger partial charge in [0, 0.05) is 0 Å². The molecule has 1 unspecified atom stereocenters. The van der Waals surface area contributed by atoms with Crippen LogP contribution in [-0.2, 0) is 19.3 Å². The molecule has 0 aromatic heterocycles. The third-order valence-corrected chi connectivity index (χ3v) is 1.34. The summed E-state index contributed by atoms with van der Waals surface area (Å²) in [5.74, 6) is -0.361. The fourth-order valence-electron chi connectivity index (χ4n) is 0.795. The van der Waals surface area contributed by atoms with Gasteiger partial charge in [0.1, 0.15) is 0 Å². The van der Waals surface area contributed by atoms with Gasteiger partial charge in [-0.2, -0.15) is 0 Å². The van der Waals surface area contributed by atoms with Crippen LogP contribution in [0.25, 0.3) is 0 Å². The van der Waals surface area contributed by atoms with Crippen molar-refractivity contribution >= 4 is 5.97 Å². The molecule has 0 amide bonds. The molecule has 1 aliphatic heterocycles. The smallest absolute Gasteiger partial charge is 0.338 e. The van der Waals surface area contributed by atoms with E-state index >= 15 is 0 Å². The first kappa shape index (κ1) is 7.50. The van der Waals surface area contributed by atoms with Crippen LogP contribution in [0.5, 0.6) is 0 Å². The molecular formula is C6H10O4. The molecule has 0 aromatic rings. The van der Waals surface area contributed by atoms with Crippen molar-refractivity contribution in [2.75, 3.05) is 13.7 Å². The Morgan fingerprint density at radius 1 is 1.70 bits per heavy atom. The zero-order valence-corrected chi connectivity index (χ0v) is 5.83. The summed E-state index contributed by atoms with van der Waals surface area (Å²) < 4.78 is 4.45. The summed E-state index contributed by atoms with van der Waals surface area (Å²) in [6, 6.07) is 0. The van der Waals surface area contributed by atoms with Crippen LogP contribution < -0.4 is 0 Å². The number of carbonyl (C=O) groups is 1. The first-order valence-corrected chi connectivity index (χ1v) is 3.20. The van der Waals surface area contributed by atoms with Gasteiger partial charge in [0.05, 0.1) is 13.7 Å². The van der Waals surface area contributed by atoms with Gasteiger partial charge in [-0.05, 0) is 12.8 Å². The molecular weight excluding hydrogens is 136 g/mol. The lowest BCUT2D eigenvalue weighted by Gasteiger charge is -2.18. The molecule has 1 saturated heterocycles. The molecule has 0 saturated carbocycles. The van der Waals surface area contributed by atoms with E-state index in [1.54, 1.807) is 0 Å². The summed E-state index contributed by atoms with van der Waals surface area (Å²) in [4.78, 5) is 20.0. The summed E-state index contributed by atoms with van der Waals surface area (Å²) in [5.41, 5.74) is 0. The highest BCUT2D eigenvalue weighted by Crippen LogP contribution is 2.10. The van der Waals surface area contributed by atoms with Crippen molar-refractivity contribution in [3.63, 3.8) is 0 Å². The highest BCUT2D eigenvalue weighted by atomic mass is 17.2. The molecule has 0 radical (unpaired) electrons. The second-order valence-electron chi connectivity index (χ2n) is 2.07. The molecule has 1 fully saturated rings. The fourth-order valence-corrected chi connectivity index (χ4v) is 0.795. The topological polar surface area (TPSA) is 44.8 Å². The predicted octanol–water partition coefficient (Wildman–Crippen LogP) is 0.270. The zero-order valence-electron chi connectivity index (χ0n) is 5.83. The van der Waals surface area contributed by atoms with Crippen molar-refractivity contribution in [3.05, 3.63) is 0 Å². The largest absolute Gasteiger partial charge is 0.467 e. The Balaban J connectivity index is 2.31. The molecule has 0 bridgehead atoms. The molecule has 10 heavy (non-hydrogen) atoms. The van der Waals surface area contributed by atoms with Crippen LogP contribution in [-0.4, -0.2) is 25.8 Å². The number of ether oxygens (including phenoxy) is 1. The maximum atomic E-state index is 10.7. The van der Waals surface area contributed by atoms with E-state index in [1.807, 2.05) is 0 Å². The van der Waals surface area contributed by atoms with E-state index < -0.39 is 6.10 Å². The second-order valence-corrected chi connectivity index (χ2v) is 2.07. The van der Waals surface area contributed by atoms with Crippen LogP contribution in [0.3, 0.4) is 0 Å². The van der Waals surface area contributed by atoms with Crippen molar-refractivity contribution in [2.45, 2.75) is 18.9 Å².